The number of esters is 1. The Morgan fingerprint density at radius 3 is 2.52 bits per heavy atom. The van der Waals surface area contributed by atoms with E-state index in [1.165, 1.54) is 6.07 Å². The molecule has 6 heteroatoms. The van der Waals surface area contributed by atoms with Crippen molar-refractivity contribution in [2.24, 2.45) is 5.92 Å². The van der Waals surface area contributed by atoms with Gasteiger partial charge in [0.25, 0.3) is 0 Å². The summed E-state index contributed by atoms with van der Waals surface area (Å²) in [6.07, 6.45) is -0.212. The average Bonchev–Trinajstić information content (AvgIpc) is 3.13. The number of rotatable bonds is 7. The van der Waals surface area contributed by atoms with Gasteiger partial charge in [-0.05, 0) is 65.2 Å². The molecule has 0 saturated heterocycles. The second-order valence-electron chi connectivity index (χ2n) is 9.98. The highest BCUT2D eigenvalue weighted by atomic mass is 28.4. The van der Waals surface area contributed by atoms with Crippen molar-refractivity contribution in [1.29, 1.82) is 0 Å². The molecule has 31 heavy (non-hydrogen) atoms. The SMILES string of the molecule is CC(C)(C)[Si](C)(C)OCC1Cc2cc(C(O)C(=O)OCc3ccccc3)cc(F)c2C1. The van der Waals surface area contributed by atoms with Crippen LogP contribution in [0.3, 0.4) is 0 Å². The predicted octanol–water partition coefficient (Wildman–Crippen LogP) is 5.34. The summed E-state index contributed by atoms with van der Waals surface area (Å²) < 4.78 is 26.3. The summed E-state index contributed by atoms with van der Waals surface area (Å²) in [4.78, 5) is 12.3. The summed E-state index contributed by atoms with van der Waals surface area (Å²) in [5, 5.41) is 10.6. The van der Waals surface area contributed by atoms with Crippen LogP contribution < -0.4 is 0 Å². The second-order valence-corrected chi connectivity index (χ2v) is 14.8. The molecule has 1 N–H and O–H groups in total. The van der Waals surface area contributed by atoms with Crippen LogP contribution in [0.25, 0.3) is 0 Å². The molecule has 0 radical (unpaired) electrons. The molecule has 2 atom stereocenters. The molecule has 0 aromatic heterocycles. The summed E-state index contributed by atoms with van der Waals surface area (Å²) in [5.41, 5.74) is 2.57. The third-order valence-electron chi connectivity index (χ3n) is 6.56. The first-order chi connectivity index (χ1) is 14.5. The highest BCUT2D eigenvalue weighted by Crippen LogP contribution is 2.38. The monoisotopic (exact) mass is 444 g/mol. The fourth-order valence-corrected chi connectivity index (χ4v) is 4.65. The van der Waals surface area contributed by atoms with Gasteiger partial charge in [-0.2, -0.15) is 0 Å². The summed E-state index contributed by atoms with van der Waals surface area (Å²) in [6, 6.07) is 12.2. The maximum atomic E-state index is 14.8. The molecule has 168 valence electrons. The van der Waals surface area contributed by atoms with E-state index in [0.717, 1.165) is 11.1 Å². The van der Waals surface area contributed by atoms with Gasteiger partial charge >= 0.3 is 5.97 Å². The smallest absolute Gasteiger partial charge is 0.339 e. The summed E-state index contributed by atoms with van der Waals surface area (Å²) in [6.45, 7) is 11.7. The van der Waals surface area contributed by atoms with E-state index < -0.39 is 20.4 Å². The number of hydrogen-bond acceptors (Lipinski definition) is 4. The average molecular weight is 445 g/mol. The number of benzene rings is 2. The Balaban J connectivity index is 1.63. The Morgan fingerprint density at radius 2 is 1.87 bits per heavy atom. The van der Waals surface area contributed by atoms with Gasteiger partial charge in [0, 0.05) is 6.61 Å². The number of aliphatic hydroxyl groups is 1. The molecule has 3 rings (SSSR count). The number of fused-ring (bicyclic) bond motifs is 1. The molecule has 0 spiro atoms. The number of ether oxygens (including phenoxy) is 1. The van der Waals surface area contributed by atoms with Crippen molar-refractivity contribution in [3.63, 3.8) is 0 Å². The molecule has 0 bridgehead atoms. The molecule has 0 amide bonds. The van der Waals surface area contributed by atoms with Crippen LogP contribution in [0.5, 0.6) is 0 Å². The quantitative estimate of drug-likeness (QED) is 0.463. The van der Waals surface area contributed by atoms with Crippen molar-refractivity contribution in [3.05, 3.63) is 70.5 Å². The minimum atomic E-state index is -1.87. The fourth-order valence-electron chi connectivity index (χ4n) is 3.56. The molecule has 1 aliphatic carbocycles. The number of hydrogen-bond donors (Lipinski definition) is 1. The molecule has 0 aliphatic heterocycles. The van der Waals surface area contributed by atoms with Gasteiger partial charge in [-0.25, -0.2) is 9.18 Å². The lowest BCUT2D eigenvalue weighted by molar-refractivity contribution is -0.155. The zero-order valence-electron chi connectivity index (χ0n) is 19.1. The fraction of sp³-hybridized carbons (Fsp3) is 0.480. The normalized spacial score (nSPS) is 17.3. The Bertz CT molecular complexity index is 921. The Kier molecular flexibility index (Phi) is 7.03. The van der Waals surface area contributed by atoms with Crippen molar-refractivity contribution in [3.8, 4) is 0 Å². The van der Waals surface area contributed by atoms with E-state index in [1.807, 2.05) is 30.3 Å². The molecule has 1 aliphatic rings. The van der Waals surface area contributed by atoms with Crippen LogP contribution >= 0.6 is 0 Å². The molecular formula is C25H33FO4Si. The Morgan fingerprint density at radius 1 is 1.19 bits per heavy atom. The number of halogens is 1. The van der Waals surface area contributed by atoms with E-state index in [0.29, 0.717) is 25.0 Å². The van der Waals surface area contributed by atoms with E-state index in [2.05, 4.69) is 33.9 Å². The van der Waals surface area contributed by atoms with E-state index in [1.54, 1.807) is 6.07 Å². The lowest BCUT2D eigenvalue weighted by atomic mass is 10.0. The number of carbonyl (C=O) groups is 1. The highest BCUT2D eigenvalue weighted by molar-refractivity contribution is 6.74. The van der Waals surface area contributed by atoms with Gasteiger partial charge < -0.3 is 14.3 Å². The Labute approximate surface area is 185 Å². The predicted molar refractivity (Wildman–Crippen MR) is 122 cm³/mol. The maximum absolute atomic E-state index is 14.8. The van der Waals surface area contributed by atoms with E-state index in [-0.39, 0.29) is 28.9 Å². The third-order valence-corrected chi connectivity index (χ3v) is 11.1. The number of carbonyl (C=O) groups excluding carboxylic acids is 1. The molecule has 2 aromatic carbocycles. The first-order valence-electron chi connectivity index (χ1n) is 10.8. The van der Waals surface area contributed by atoms with Crippen LogP contribution in [0.4, 0.5) is 4.39 Å². The van der Waals surface area contributed by atoms with Crippen LogP contribution in [-0.2, 0) is 33.4 Å². The molecule has 2 aromatic rings. The van der Waals surface area contributed by atoms with Gasteiger partial charge in [0.15, 0.2) is 14.4 Å². The van der Waals surface area contributed by atoms with Gasteiger partial charge in [-0.1, -0.05) is 57.2 Å². The first-order valence-corrected chi connectivity index (χ1v) is 13.7. The molecular weight excluding hydrogens is 411 g/mol. The van der Waals surface area contributed by atoms with Gasteiger partial charge in [0.1, 0.15) is 12.4 Å². The van der Waals surface area contributed by atoms with Crippen molar-refractivity contribution < 1.29 is 23.5 Å². The van der Waals surface area contributed by atoms with Gasteiger partial charge in [-0.3, -0.25) is 0 Å². The lowest BCUT2D eigenvalue weighted by Gasteiger charge is -2.37. The number of aliphatic hydroxyl groups excluding tert-OH is 1. The maximum Gasteiger partial charge on any atom is 0.339 e. The Hall–Kier alpha value is -2.02. The van der Waals surface area contributed by atoms with Crippen molar-refractivity contribution in [2.45, 2.75) is 64.5 Å². The molecule has 0 saturated carbocycles. The third kappa shape index (κ3) is 5.62. The largest absolute Gasteiger partial charge is 0.459 e. The van der Waals surface area contributed by atoms with Gasteiger partial charge in [0.2, 0.25) is 0 Å². The minimum Gasteiger partial charge on any atom is -0.459 e. The molecule has 2 unspecified atom stereocenters. The van der Waals surface area contributed by atoms with Crippen LogP contribution in [0.1, 0.15) is 49.1 Å². The first kappa shape index (κ1) is 23.6. The summed E-state index contributed by atoms with van der Waals surface area (Å²) in [5.74, 6) is -0.952. The topological polar surface area (TPSA) is 55.8 Å². The summed E-state index contributed by atoms with van der Waals surface area (Å²) >= 11 is 0. The molecule has 4 nitrogen and oxygen atoms in total. The minimum absolute atomic E-state index is 0.0665. The van der Waals surface area contributed by atoms with Crippen molar-refractivity contribution in [2.75, 3.05) is 6.61 Å². The summed E-state index contributed by atoms with van der Waals surface area (Å²) in [7, 11) is -1.87. The lowest BCUT2D eigenvalue weighted by Crippen LogP contribution is -2.42. The molecule has 0 fully saturated rings. The van der Waals surface area contributed by atoms with Gasteiger partial charge in [0.05, 0.1) is 0 Å². The van der Waals surface area contributed by atoms with E-state index >= 15 is 0 Å². The second kappa shape index (κ2) is 9.23. The molecule has 0 heterocycles. The van der Waals surface area contributed by atoms with Crippen LogP contribution in [0.15, 0.2) is 42.5 Å². The van der Waals surface area contributed by atoms with E-state index in [9.17, 15) is 14.3 Å². The van der Waals surface area contributed by atoms with Gasteiger partial charge in [-0.15, -0.1) is 0 Å². The van der Waals surface area contributed by atoms with Crippen LogP contribution in [-0.4, -0.2) is 26.0 Å². The highest BCUT2D eigenvalue weighted by Gasteiger charge is 2.38. The standard InChI is InChI=1S/C25H33FO4Si/c1-25(2,3)31(4,5)30-16-18-11-19-13-20(14-22(26)21(19)12-18)23(27)24(28)29-15-17-9-7-6-8-10-17/h6-10,13-14,18,23,27H,11-12,15-16H2,1-5H3. The van der Waals surface area contributed by atoms with Crippen molar-refractivity contribution in [1.82, 2.24) is 0 Å². The van der Waals surface area contributed by atoms with Crippen molar-refractivity contribution >= 4 is 14.3 Å². The zero-order valence-corrected chi connectivity index (χ0v) is 20.1. The van der Waals surface area contributed by atoms with Crippen LogP contribution in [0, 0.1) is 11.7 Å². The zero-order chi connectivity index (χ0) is 22.8. The van der Waals surface area contributed by atoms with Crippen LogP contribution in [0.2, 0.25) is 18.1 Å². The van der Waals surface area contributed by atoms with E-state index in [4.69, 9.17) is 9.16 Å².